The van der Waals surface area contributed by atoms with E-state index in [2.05, 4.69) is 24.9 Å². The summed E-state index contributed by atoms with van der Waals surface area (Å²) in [6.07, 6.45) is 10.4. The third kappa shape index (κ3) is 3.23. The molecule has 1 spiro atoms. The first-order valence-electron chi connectivity index (χ1n) is 10.6. The molecule has 1 N–H and O–H groups in total. The molecule has 0 atom stereocenters. The second-order valence-electron chi connectivity index (χ2n) is 8.84. The molecule has 3 fully saturated rings. The number of amides is 1. The van der Waals surface area contributed by atoms with Gasteiger partial charge in [-0.1, -0.05) is 12.8 Å². The van der Waals surface area contributed by atoms with Crippen LogP contribution in [0.2, 0.25) is 0 Å². The van der Waals surface area contributed by atoms with Crippen LogP contribution in [0.1, 0.15) is 57.1 Å². The molecule has 5 rings (SSSR count). The van der Waals surface area contributed by atoms with Gasteiger partial charge in [0.15, 0.2) is 0 Å². The number of aromatic amines is 1. The van der Waals surface area contributed by atoms with Gasteiger partial charge in [-0.15, -0.1) is 0 Å². The van der Waals surface area contributed by atoms with Gasteiger partial charge in [0, 0.05) is 31.6 Å². The highest BCUT2D eigenvalue weighted by atomic mass is 16.2. The van der Waals surface area contributed by atoms with Crippen LogP contribution < -0.4 is 5.56 Å². The third-order valence-electron chi connectivity index (χ3n) is 7.08. The summed E-state index contributed by atoms with van der Waals surface area (Å²) in [6.45, 7) is 3.62. The zero-order valence-corrected chi connectivity index (χ0v) is 16.3. The van der Waals surface area contributed by atoms with Gasteiger partial charge < -0.3 is 4.90 Å². The van der Waals surface area contributed by atoms with Gasteiger partial charge in [0.1, 0.15) is 6.33 Å². The van der Waals surface area contributed by atoms with Crippen molar-refractivity contribution in [2.75, 3.05) is 19.6 Å². The van der Waals surface area contributed by atoms with Crippen LogP contribution in [0.5, 0.6) is 0 Å². The lowest BCUT2D eigenvalue weighted by Gasteiger charge is -2.49. The molecule has 8 nitrogen and oxygen atoms in total. The van der Waals surface area contributed by atoms with Crippen molar-refractivity contribution in [3.63, 3.8) is 0 Å². The van der Waals surface area contributed by atoms with Crippen molar-refractivity contribution in [2.24, 2.45) is 5.41 Å². The second kappa shape index (κ2) is 6.99. The number of nitrogens with zero attached hydrogens (tertiary/aromatic N) is 5. The van der Waals surface area contributed by atoms with E-state index in [-0.39, 0.29) is 11.0 Å². The fourth-order valence-corrected chi connectivity index (χ4v) is 5.37. The summed E-state index contributed by atoms with van der Waals surface area (Å²) in [5, 5.41) is 2.77. The van der Waals surface area contributed by atoms with Gasteiger partial charge in [-0.25, -0.2) is 9.97 Å². The Balaban J connectivity index is 1.24. The van der Waals surface area contributed by atoms with Crippen molar-refractivity contribution < 1.29 is 4.79 Å². The lowest BCUT2D eigenvalue weighted by molar-refractivity contribution is -0.142. The van der Waals surface area contributed by atoms with Crippen molar-refractivity contribution in [2.45, 2.75) is 64.0 Å². The SMILES string of the molecule is O=C1CCC2(CCN(Cc3cc(=O)n4[nH]cnc4n3)CC2)CN1C1CCCC1. The van der Waals surface area contributed by atoms with Crippen LogP contribution in [0.4, 0.5) is 0 Å². The first-order valence-corrected chi connectivity index (χ1v) is 10.6. The van der Waals surface area contributed by atoms with Crippen molar-refractivity contribution in [1.82, 2.24) is 29.4 Å². The van der Waals surface area contributed by atoms with E-state index in [0.717, 1.165) is 44.6 Å². The molecule has 1 amide bonds. The highest BCUT2D eigenvalue weighted by Gasteiger charge is 2.43. The van der Waals surface area contributed by atoms with Crippen LogP contribution >= 0.6 is 0 Å². The Kier molecular flexibility index (Phi) is 4.45. The van der Waals surface area contributed by atoms with E-state index in [1.54, 1.807) is 6.07 Å². The van der Waals surface area contributed by atoms with E-state index in [0.29, 0.717) is 30.7 Å². The molecule has 0 aromatic carbocycles. The van der Waals surface area contributed by atoms with Crippen molar-refractivity contribution in [1.29, 1.82) is 0 Å². The molecule has 3 aliphatic rings. The predicted octanol–water partition coefficient (Wildman–Crippen LogP) is 1.56. The molecule has 1 aliphatic carbocycles. The Morgan fingerprint density at radius 3 is 2.71 bits per heavy atom. The molecular formula is C20H28N6O2. The Labute approximate surface area is 163 Å². The van der Waals surface area contributed by atoms with Crippen molar-refractivity contribution >= 4 is 11.7 Å². The lowest BCUT2D eigenvalue weighted by atomic mass is 9.72. The van der Waals surface area contributed by atoms with Gasteiger partial charge >= 0.3 is 0 Å². The molecule has 0 radical (unpaired) electrons. The second-order valence-corrected chi connectivity index (χ2v) is 8.84. The average Bonchev–Trinajstić information content (AvgIpc) is 3.38. The number of hydrogen-bond acceptors (Lipinski definition) is 5. The van der Waals surface area contributed by atoms with E-state index in [9.17, 15) is 9.59 Å². The molecular weight excluding hydrogens is 356 g/mol. The standard InChI is InChI=1S/C20H28N6O2/c27-17-5-6-20(13-25(17)16-3-1-2-4-16)7-9-24(10-8-20)12-15-11-18(28)26-19(23-15)21-14-22-26/h11,14,16H,1-10,12-13H2,(H,21,22,23). The lowest BCUT2D eigenvalue weighted by Crippen LogP contribution is -2.53. The minimum absolute atomic E-state index is 0.121. The van der Waals surface area contributed by atoms with Gasteiger partial charge in [-0.05, 0) is 50.6 Å². The average molecular weight is 384 g/mol. The van der Waals surface area contributed by atoms with E-state index < -0.39 is 0 Å². The summed E-state index contributed by atoms with van der Waals surface area (Å²) in [5.74, 6) is 0.797. The summed E-state index contributed by atoms with van der Waals surface area (Å²) in [5.41, 5.74) is 0.940. The molecule has 8 heteroatoms. The number of piperidine rings is 2. The number of hydrogen-bond donors (Lipinski definition) is 1. The zero-order valence-electron chi connectivity index (χ0n) is 16.3. The van der Waals surface area contributed by atoms with Crippen LogP contribution in [0.25, 0.3) is 5.78 Å². The van der Waals surface area contributed by atoms with Gasteiger partial charge in [-0.3, -0.25) is 19.6 Å². The van der Waals surface area contributed by atoms with Gasteiger partial charge in [-0.2, -0.15) is 4.52 Å². The predicted molar refractivity (Wildman–Crippen MR) is 104 cm³/mol. The largest absolute Gasteiger partial charge is 0.339 e. The monoisotopic (exact) mass is 384 g/mol. The quantitative estimate of drug-likeness (QED) is 0.868. The minimum Gasteiger partial charge on any atom is -0.339 e. The summed E-state index contributed by atoms with van der Waals surface area (Å²) >= 11 is 0. The molecule has 0 unspecified atom stereocenters. The highest BCUT2D eigenvalue weighted by molar-refractivity contribution is 5.77. The number of rotatable bonds is 3. The molecule has 2 saturated heterocycles. The number of H-pyrrole nitrogens is 1. The van der Waals surface area contributed by atoms with Crippen LogP contribution in [0.15, 0.2) is 17.2 Å². The number of nitrogens with one attached hydrogen (secondary N) is 1. The van der Waals surface area contributed by atoms with Crippen molar-refractivity contribution in [3.8, 4) is 0 Å². The van der Waals surface area contributed by atoms with Crippen LogP contribution in [-0.2, 0) is 11.3 Å². The third-order valence-corrected chi connectivity index (χ3v) is 7.08. The normalized spacial score (nSPS) is 23.9. The molecule has 1 saturated carbocycles. The summed E-state index contributed by atoms with van der Waals surface area (Å²) < 4.78 is 1.35. The minimum atomic E-state index is -0.121. The maximum atomic E-state index is 12.5. The Morgan fingerprint density at radius 1 is 1.14 bits per heavy atom. The molecule has 2 aromatic rings. The molecule has 150 valence electrons. The molecule has 2 aromatic heterocycles. The topological polar surface area (TPSA) is 86.6 Å². The molecule has 2 aliphatic heterocycles. The fourth-order valence-electron chi connectivity index (χ4n) is 5.37. The van der Waals surface area contributed by atoms with Crippen LogP contribution in [-0.4, -0.2) is 61.0 Å². The highest BCUT2D eigenvalue weighted by Crippen LogP contribution is 2.42. The zero-order chi connectivity index (χ0) is 19.1. The summed E-state index contributed by atoms with van der Waals surface area (Å²) in [7, 11) is 0. The van der Waals surface area contributed by atoms with Gasteiger partial charge in [0.05, 0.1) is 5.69 Å². The van der Waals surface area contributed by atoms with Gasteiger partial charge in [0.2, 0.25) is 5.91 Å². The maximum absolute atomic E-state index is 12.5. The van der Waals surface area contributed by atoms with Crippen LogP contribution in [0, 0.1) is 5.41 Å². The van der Waals surface area contributed by atoms with E-state index in [1.807, 2.05) is 0 Å². The number of aromatic nitrogens is 4. The molecule has 28 heavy (non-hydrogen) atoms. The number of carbonyl (C=O) groups excluding carboxylic acids is 1. The summed E-state index contributed by atoms with van der Waals surface area (Å²) in [6, 6.07) is 2.08. The number of carbonyl (C=O) groups is 1. The Hall–Kier alpha value is -2.22. The maximum Gasteiger partial charge on any atom is 0.274 e. The van der Waals surface area contributed by atoms with E-state index in [4.69, 9.17) is 0 Å². The van der Waals surface area contributed by atoms with Gasteiger partial charge in [0.25, 0.3) is 11.3 Å². The van der Waals surface area contributed by atoms with Crippen molar-refractivity contribution in [3.05, 3.63) is 28.4 Å². The molecule has 0 bridgehead atoms. The van der Waals surface area contributed by atoms with E-state index in [1.165, 1.54) is 36.5 Å². The smallest absolute Gasteiger partial charge is 0.274 e. The van der Waals surface area contributed by atoms with Crippen LogP contribution in [0.3, 0.4) is 0 Å². The number of fused-ring (bicyclic) bond motifs is 1. The number of likely N-dealkylation sites (tertiary alicyclic amines) is 2. The molecule has 4 heterocycles. The Morgan fingerprint density at radius 2 is 1.93 bits per heavy atom. The fraction of sp³-hybridized carbons (Fsp3) is 0.700. The first kappa shape index (κ1) is 17.8. The summed E-state index contributed by atoms with van der Waals surface area (Å²) in [4.78, 5) is 37.8. The first-order chi connectivity index (χ1) is 13.6. The Bertz CT molecular complexity index is 920. The van der Waals surface area contributed by atoms with E-state index >= 15 is 0 Å².